The zero-order chi connectivity index (χ0) is 35.9. The van der Waals surface area contributed by atoms with Gasteiger partial charge in [0.15, 0.2) is 0 Å². The van der Waals surface area contributed by atoms with Crippen LogP contribution >= 0.6 is 23.2 Å². The molecule has 260 valence electrons. The third kappa shape index (κ3) is 9.99. The summed E-state index contributed by atoms with van der Waals surface area (Å²) in [5.41, 5.74) is 0.324. The van der Waals surface area contributed by atoms with Crippen LogP contribution in [0.15, 0.2) is 102 Å². The van der Waals surface area contributed by atoms with E-state index in [1.807, 2.05) is 13.8 Å². The number of hydrogen-bond donors (Lipinski definition) is 1. The highest BCUT2D eigenvalue weighted by Crippen LogP contribution is 2.38. The number of hydrogen-bond acceptors (Lipinski definition) is 4. The van der Waals surface area contributed by atoms with E-state index in [2.05, 4.69) is 5.32 Å². The fraction of sp³-hybridized carbons (Fsp3) is 0.278. The summed E-state index contributed by atoms with van der Waals surface area (Å²) in [5.74, 6) is -1.23. The second-order valence-corrected chi connectivity index (χ2v) is 14.7. The molecule has 0 aliphatic carbocycles. The lowest BCUT2D eigenvalue weighted by atomic mass is 10.0. The lowest BCUT2D eigenvalue weighted by Gasteiger charge is -2.34. The average Bonchev–Trinajstić information content (AvgIpc) is 3.04. The van der Waals surface area contributed by atoms with Gasteiger partial charge in [0.1, 0.15) is 12.6 Å². The summed E-state index contributed by atoms with van der Waals surface area (Å²) in [7, 11) is -4.63. The third-order valence-electron chi connectivity index (χ3n) is 7.63. The third-order valence-corrected chi connectivity index (χ3v) is 9.98. The maximum atomic E-state index is 14.5. The van der Waals surface area contributed by atoms with Gasteiger partial charge >= 0.3 is 6.18 Å². The van der Waals surface area contributed by atoms with Crippen molar-refractivity contribution in [3.8, 4) is 0 Å². The molecular formula is C36H36Cl2F3N3O4S. The molecule has 0 spiro atoms. The van der Waals surface area contributed by atoms with E-state index in [9.17, 15) is 31.2 Å². The van der Waals surface area contributed by atoms with E-state index in [0.29, 0.717) is 27.5 Å². The van der Waals surface area contributed by atoms with Crippen LogP contribution in [0.1, 0.15) is 36.1 Å². The van der Waals surface area contributed by atoms with E-state index in [1.54, 1.807) is 61.5 Å². The van der Waals surface area contributed by atoms with Crippen molar-refractivity contribution in [3.63, 3.8) is 0 Å². The van der Waals surface area contributed by atoms with Gasteiger partial charge in [-0.05, 0) is 66.4 Å². The Kier molecular flexibility index (Phi) is 12.4. The van der Waals surface area contributed by atoms with E-state index >= 15 is 0 Å². The number of anilines is 1. The highest BCUT2D eigenvalue weighted by Gasteiger charge is 2.37. The summed E-state index contributed by atoms with van der Waals surface area (Å²) in [6.45, 7) is 4.80. The molecule has 4 aromatic rings. The molecule has 0 aliphatic rings. The lowest BCUT2D eigenvalue weighted by Crippen LogP contribution is -2.53. The van der Waals surface area contributed by atoms with Crippen LogP contribution in [0.2, 0.25) is 10.0 Å². The van der Waals surface area contributed by atoms with Crippen molar-refractivity contribution in [2.45, 2.75) is 50.9 Å². The van der Waals surface area contributed by atoms with Gasteiger partial charge in [-0.2, -0.15) is 13.2 Å². The number of halogens is 5. The molecule has 49 heavy (non-hydrogen) atoms. The van der Waals surface area contributed by atoms with Gasteiger partial charge in [-0.3, -0.25) is 13.9 Å². The number of alkyl halides is 3. The van der Waals surface area contributed by atoms with E-state index in [-0.39, 0.29) is 23.8 Å². The lowest BCUT2D eigenvalue weighted by molar-refractivity contribution is -0.140. The Morgan fingerprint density at radius 3 is 2.12 bits per heavy atom. The largest absolute Gasteiger partial charge is 0.417 e. The van der Waals surface area contributed by atoms with Crippen molar-refractivity contribution in [3.05, 3.63) is 129 Å². The first-order chi connectivity index (χ1) is 23.1. The fourth-order valence-electron chi connectivity index (χ4n) is 5.06. The van der Waals surface area contributed by atoms with Crippen molar-refractivity contribution < 1.29 is 31.2 Å². The van der Waals surface area contributed by atoms with Crippen LogP contribution in [0.3, 0.4) is 0 Å². The van der Waals surface area contributed by atoms with Crippen LogP contribution in [0, 0.1) is 12.8 Å². The molecule has 0 saturated heterocycles. The smallest absolute Gasteiger partial charge is 0.354 e. The van der Waals surface area contributed by atoms with Gasteiger partial charge < -0.3 is 10.2 Å². The molecule has 4 aromatic carbocycles. The first-order valence-corrected chi connectivity index (χ1v) is 17.6. The van der Waals surface area contributed by atoms with E-state index in [0.717, 1.165) is 23.3 Å². The van der Waals surface area contributed by atoms with Crippen molar-refractivity contribution in [2.75, 3.05) is 17.4 Å². The first kappa shape index (κ1) is 37.8. The van der Waals surface area contributed by atoms with Gasteiger partial charge in [-0.1, -0.05) is 97.2 Å². The second kappa shape index (κ2) is 16.1. The molecule has 13 heteroatoms. The number of rotatable bonds is 13. The Bertz CT molecular complexity index is 1870. The summed E-state index contributed by atoms with van der Waals surface area (Å²) in [5, 5.41) is 2.62. The van der Waals surface area contributed by atoms with Gasteiger partial charge in [0.2, 0.25) is 11.8 Å². The fourth-order valence-corrected chi connectivity index (χ4v) is 6.90. The molecule has 0 aromatic heterocycles. The monoisotopic (exact) mass is 733 g/mol. The van der Waals surface area contributed by atoms with Gasteiger partial charge in [-0.25, -0.2) is 8.42 Å². The van der Waals surface area contributed by atoms with Gasteiger partial charge in [0.25, 0.3) is 10.0 Å². The number of sulfonamides is 1. The predicted octanol–water partition coefficient (Wildman–Crippen LogP) is 7.93. The summed E-state index contributed by atoms with van der Waals surface area (Å²) < 4.78 is 70.9. The van der Waals surface area contributed by atoms with Crippen molar-refractivity contribution in [1.29, 1.82) is 0 Å². The van der Waals surface area contributed by atoms with Crippen LogP contribution in [0.25, 0.3) is 0 Å². The molecule has 7 nitrogen and oxygen atoms in total. The van der Waals surface area contributed by atoms with Crippen LogP contribution in [0.4, 0.5) is 18.9 Å². The SMILES string of the molecule is Cc1ccc(S(=O)(=O)N(CC(=O)N(Cc2cccc(Cl)c2)C(Cc2ccccc2)C(=O)NCC(C)C)c2ccc(Cl)c(C(F)(F)F)c2)cc1. The zero-order valence-corrected chi connectivity index (χ0v) is 29.4. The van der Waals surface area contributed by atoms with Crippen LogP contribution < -0.4 is 9.62 Å². The summed E-state index contributed by atoms with van der Waals surface area (Å²) in [6, 6.07) is 22.8. The average molecular weight is 735 g/mol. The molecule has 1 atom stereocenters. The Labute approximate surface area is 294 Å². The van der Waals surface area contributed by atoms with Crippen LogP contribution in [-0.2, 0) is 38.8 Å². The molecule has 0 bridgehead atoms. The standard InChI is InChI=1S/C36H36Cl2F3N3O4S/c1-24(2)21-42-35(46)33(19-26-8-5-4-6-9-26)43(22-27-10-7-11-28(37)18-27)34(45)23-44(49(47,48)30-15-12-25(3)13-16-30)29-14-17-32(38)31(20-29)36(39,40)41/h4-18,20,24,33H,19,21-23H2,1-3H3,(H,42,46). The topological polar surface area (TPSA) is 86.8 Å². The minimum absolute atomic E-state index is 0.0704. The van der Waals surface area contributed by atoms with Crippen LogP contribution in [0.5, 0.6) is 0 Å². The molecule has 4 rings (SSSR count). The second-order valence-electron chi connectivity index (χ2n) is 12.0. The maximum absolute atomic E-state index is 14.5. The minimum atomic E-state index is -4.91. The zero-order valence-electron chi connectivity index (χ0n) is 27.0. The maximum Gasteiger partial charge on any atom is 0.417 e. The molecular weight excluding hydrogens is 698 g/mol. The Balaban J connectivity index is 1.86. The number of nitrogens with zero attached hydrogens (tertiary/aromatic N) is 2. The van der Waals surface area contributed by atoms with Gasteiger partial charge in [0, 0.05) is 24.5 Å². The molecule has 0 saturated carbocycles. The highest BCUT2D eigenvalue weighted by atomic mass is 35.5. The van der Waals surface area contributed by atoms with Crippen molar-refractivity contribution in [2.24, 2.45) is 5.92 Å². The minimum Gasteiger partial charge on any atom is -0.354 e. The van der Waals surface area contributed by atoms with Crippen LogP contribution in [-0.4, -0.2) is 44.3 Å². The number of nitrogens with one attached hydrogen (secondary N) is 1. The Morgan fingerprint density at radius 2 is 1.51 bits per heavy atom. The summed E-state index contributed by atoms with van der Waals surface area (Å²) in [6.07, 6.45) is -4.84. The Hall–Kier alpha value is -4.06. The van der Waals surface area contributed by atoms with E-state index < -0.39 is 56.9 Å². The van der Waals surface area contributed by atoms with Gasteiger partial charge in [-0.15, -0.1) is 0 Å². The van der Waals surface area contributed by atoms with E-state index in [4.69, 9.17) is 23.2 Å². The number of aryl methyl sites for hydroxylation is 1. The quantitative estimate of drug-likeness (QED) is 0.151. The number of benzene rings is 4. The molecule has 0 heterocycles. The normalized spacial score (nSPS) is 12.4. The van der Waals surface area contributed by atoms with Crippen molar-refractivity contribution >= 4 is 50.7 Å². The first-order valence-electron chi connectivity index (χ1n) is 15.4. The summed E-state index contributed by atoms with van der Waals surface area (Å²) in [4.78, 5) is 29.4. The molecule has 0 radical (unpaired) electrons. The molecule has 0 fully saturated rings. The number of amides is 2. The molecule has 1 N–H and O–H groups in total. The van der Waals surface area contributed by atoms with E-state index in [1.165, 1.54) is 29.2 Å². The van der Waals surface area contributed by atoms with Crippen molar-refractivity contribution in [1.82, 2.24) is 10.2 Å². The summed E-state index contributed by atoms with van der Waals surface area (Å²) >= 11 is 12.1. The molecule has 0 aliphatic heterocycles. The highest BCUT2D eigenvalue weighted by molar-refractivity contribution is 7.92. The molecule has 1 unspecified atom stereocenters. The predicted molar refractivity (Wildman–Crippen MR) is 186 cm³/mol. The number of carbonyl (C=O) groups excluding carboxylic acids is 2. The Morgan fingerprint density at radius 1 is 0.857 bits per heavy atom. The number of carbonyl (C=O) groups is 2. The molecule has 2 amide bonds. The van der Waals surface area contributed by atoms with Gasteiger partial charge in [0.05, 0.1) is 21.2 Å².